The Kier molecular flexibility index (Phi) is 9.96. The van der Waals surface area contributed by atoms with E-state index < -0.39 is 28.3 Å². The second kappa shape index (κ2) is 12.4. The van der Waals surface area contributed by atoms with Crippen molar-refractivity contribution in [2.24, 2.45) is 0 Å². The van der Waals surface area contributed by atoms with Crippen molar-refractivity contribution in [2.75, 3.05) is 6.61 Å². The lowest BCUT2D eigenvalue weighted by molar-refractivity contribution is -0.385. The molecule has 0 radical (unpaired) electrons. The molecule has 33 heavy (non-hydrogen) atoms. The summed E-state index contributed by atoms with van der Waals surface area (Å²) in [5.74, 6) is -0.984. The number of rotatable bonds is 12. The molecule has 2 aromatic rings. The quantitative estimate of drug-likeness (QED) is 0.131. The number of carbonyl (C=O) groups is 1. The van der Waals surface area contributed by atoms with Crippen LogP contribution in [0.5, 0.6) is 11.5 Å². The van der Waals surface area contributed by atoms with Gasteiger partial charge >= 0.3 is 12.1 Å². The fourth-order valence-electron chi connectivity index (χ4n) is 3.09. The van der Waals surface area contributed by atoms with Crippen LogP contribution >= 0.6 is 11.6 Å². The highest BCUT2D eigenvalue weighted by molar-refractivity contribution is 6.32. The smallest absolute Gasteiger partial charge is 0.416 e. The third-order valence-electron chi connectivity index (χ3n) is 4.85. The van der Waals surface area contributed by atoms with Gasteiger partial charge in [0.05, 0.1) is 22.1 Å². The van der Waals surface area contributed by atoms with E-state index in [1.165, 1.54) is 12.5 Å². The molecule has 10 heteroatoms. The number of halogens is 4. The number of hydrogen-bond acceptors (Lipinski definition) is 5. The molecule has 0 spiro atoms. The van der Waals surface area contributed by atoms with Crippen LogP contribution in [-0.2, 0) is 10.9 Å². The molecule has 0 fully saturated rings. The van der Waals surface area contributed by atoms with Gasteiger partial charge in [-0.1, -0.05) is 57.0 Å². The standard InChI is InChI=1S/C23H25ClF3NO5/c1-2-3-4-5-6-7-8-13-32-22(29)18-15-17(10-11-20(18)28(30)31)33-21-12-9-16(14-19(21)24)23(25,26)27/h9-12,14-15H,2-8,13H2,1H3. The molecule has 0 unspecified atom stereocenters. The molecular formula is C23H25ClF3NO5. The number of unbranched alkanes of at least 4 members (excludes halogenated alkanes) is 6. The highest BCUT2D eigenvalue weighted by Gasteiger charge is 2.31. The molecule has 6 nitrogen and oxygen atoms in total. The van der Waals surface area contributed by atoms with Crippen molar-refractivity contribution >= 4 is 23.3 Å². The Balaban J connectivity index is 2.05. The second-order valence-corrected chi connectivity index (χ2v) is 7.85. The third kappa shape index (κ3) is 8.24. The molecule has 0 heterocycles. The summed E-state index contributed by atoms with van der Waals surface area (Å²) in [7, 11) is 0. The first-order valence-electron chi connectivity index (χ1n) is 10.6. The Bertz CT molecular complexity index is 966. The van der Waals surface area contributed by atoms with E-state index in [-0.39, 0.29) is 28.7 Å². The topological polar surface area (TPSA) is 78.7 Å². The van der Waals surface area contributed by atoms with Crippen LogP contribution in [0, 0.1) is 10.1 Å². The average molecular weight is 488 g/mol. The van der Waals surface area contributed by atoms with Crippen LogP contribution in [0.25, 0.3) is 0 Å². The van der Waals surface area contributed by atoms with Gasteiger partial charge in [0.1, 0.15) is 17.1 Å². The Morgan fingerprint density at radius 2 is 1.70 bits per heavy atom. The Labute approximate surface area is 194 Å². The molecule has 2 aromatic carbocycles. The molecule has 0 aliphatic carbocycles. The lowest BCUT2D eigenvalue weighted by Crippen LogP contribution is -2.09. The van der Waals surface area contributed by atoms with E-state index in [9.17, 15) is 28.1 Å². The molecular weight excluding hydrogens is 463 g/mol. The monoisotopic (exact) mass is 487 g/mol. The summed E-state index contributed by atoms with van der Waals surface area (Å²) in [6.45, 7) is 2.26. The molecule has 0 N–H and O–H groups in total. The predicted octanol–water partition coefficient (Wildman–Crippen LogP) is 7.97. The van der Waals surface area contributed by atoms with Crippen LogP contribution < -0.4 is 4.74 Å². The van der Waals surface area contributed by atoms with E-state index in [1.54, 1.807) is 0 Å². The minimum atomic E-state index is -4.57. The molecule has 180 valence electrons. The van der Waals surface area contributed by atoms with E-state index in [0.29, 0.717) is 12.5 Å². The Morgan fingerprint density at radius 1 is 1.03 bits per heavy atom. The molecule has 0 aliphatic heterocycles. The number of carbonyl (C=O) groups excluding carboxylic acids is 1. The lowest BCUT2D eigenvalue weighted by atomic mass is 10.1. The number of benzene rings is 2. The molecule has 2 rings (SSSR count). The van der Waals surface area contributed by atoms with Crippen molar-refractivity contribution in [3.8, 4) is 11.5 Å². The van der Waals surface area contributed by atoms with Crippen LogP contribution in [0.15, 0.2) is 36.4 Å². The van der Waals surface area contributed by atoms with Gasteiger partial charge in [0, 0.05) is 12.1 Å². The maximum atomic E-state index is 12.8. The third-order valence-corrected chi connectivity index (χ3v) is 5.15. The molecule has 0 atom stereocenters. The zero-order valence-corrected chi connectivity index (χ0v) is 18.9. The summed E-state index contributed by atoms with van der Waals surface area (Å²) in [5, 5.41) is 11.0. The summed E-state index contributed by atoms with van der Waals surface area (Å²) >= 11 is 5.88. The van der Waals surface area contributed by atoms with Crippen molar-refractivity contribution in [3.63, 3.8) is 0 Å². The fourth-order valence-corrected chi connectivity index (χ4v) is 3.31. The van der Waals surface area contributed by atoms with Crippen LogP contribution in [0.4, 0.5) is 18.9 Å². The zero-order chi connectivity index (χ0) is 24.4. The van der Waals surface area contributed by atoms with Gasteiger partial charge in [0.25, 0.3) is 5.69 Å². The van der Waals surface area contributed by atoms with Crippen LogP contribution in [-0.4, -0.2) is 17.5 Å². The van der Waals surface area contributed by atoms with Crippen LogP contribution in [0.1, 0.15) is 67.8 Å². The van der Waals surface area contributed by atoms with E-state index in [4.69, 9.17) is 21.1 Å². The van der Waals surface area contributed by atoms with Crippen molar-refractivity contribution in [1.82, 2.24) is 0 Å². The average Bonchev–Trinajstić information content (AvgIpc) is 2.76. The molecule has 0 aliphatic rings. The van der Waals surface area contributed by atoms with Crippen molar-refractivity contribution in [1.29, 1.82) is 0 Å². The number of alkyl halides is 3. The largest absolute Gasteiger partial charge is 0.462 e. The van der Waals surface area contributed by atoms with Gasteiger partial charge in [-0.05, 0) is 30.7 Å². The number of esters is 1. The summed E-state index contributed by atoms with van der Waals surface area (Å²) in [6.07, 6.45) is 2.60. The number of ether oxygens (including phenoxy) is 2. The van der Waals surface area contributed by atoms with E-state index in [0.717, 1.165) is 56.4 Å². The van der Waals surface area contributed by atoms with E-state index in [2.05, 4.69) is 6.92 Å². The maximum Gasteiger partial charge on any atom is 0.416 e. The summed E-state index contributed by atoms with van der Waals surface area (Å²) < 4.78 is 49.0. The fraction of sp³-hybridized carbons (Fsp3) is 0.435. The number of nitro groups is 1. The molecule has 0 saturated carbocycles. The molecule has 0 bridgehead atoms. The van der Waals surface area contributed by atoms with Crippen molar-refractivity contribution < 1.29 is 32.4 Å². The van der Waals surface area contributed by atoms with Gasteiger partial charge in [0.2, 0.25) is 0 Å². The van der Waals surface area contributed by atoms with Gasteiger partial charge in [0.15, 0.2) is 0 Å². The lowest BCUT2D eigenvalue weighted by Gasteiger charge is -2.12. The Hall–Kier alpha value is -2.81. The SMILES string of the molecule is CCCCCCCCCOC(=O)c1cc(Oc2ccc(C(F)(F)F)cc2Cl)ccc1[N+](=O)[O-]. The van der Waals surface area contributed by atoms with Gasteiger partial charge in [-0.25, -0.2) is 4.79 Å². The van der Waals surface area contributed by atoms with Gasteiger partial charge < -0.3 is 9.47 Å². The minimum Gasteiger partial charge on any atom is -0.462 e. The van der Waals surface area contributed by atoms with E-state index >= 15 is 0 Å². The first-order valence-corrected chi connectivity index (χ1v) is 11.0. The van der Waals surface area contributed by atoms with Gasteiger partial charge in [-0.3, -0.25) is 10.1 Å². The minimum absolute atomic E-state index is 0.00914. The van der Waals surface area contributed by atoms with Gasteiger partial charge in [-0.15, -0.1) is 0 Å². The predicted molar refractivity (Wildman–Crippen MR) is 118 cm³/mol. The summed E-state index contributed by atoms with van der Waals surface area (Å²) in [4.78, 5) is 23.0. The number of nitrogens with zero attached hydrogens (tertiary/aromatic N) is 1. The van der Waals surface area contributed by atoms with Gasteiger partial charge in [-0.2, -0.15) is 13.2 Å². The number of nitro benzene ring substituents is 1. The second-order valence-electron chi connectivity index (χ2n) is 7.44. The number of hydrogen-bond donors (Lipinski definition) is 0. The first kappa shape index (κ1) is 26.4. The Morgan fingerprint density at radius 3 is 2.30 bits per heavy atom. The van der Waals surface area contributed by atoms with Crippen molar-refractivity contribution in [3.05, 3.63) is 62.7 Å². The van der Waals surface area contributed by atoms with Crippen molar-refractivity contribution in [2.45, 2.75) is 58.0 Å². The highest BCUT2D eigenvalue weighted by atomic mass is 35.5. The zero-order valence-electron chi connectivity index (χ0n) is 18.1. The maximum absolute atomic E-state index is 12.8. The normalized spacial score (nSPS) is 11.3. The van der Waals surface area contributed by atoms with E-state index in [1.807, 2.05) is 0 Å². The molecule has 0 aromatic heterocycles. The summed E-state index contributed by atoms with van der Waals surface area (Å²) in [6, 6.07) is 5.94. The van der Waals surface area contributed by atoms with Crippen LogP contribution in [0.3, 0.4) is 0 Å². The molecule has 0 saturated heterocycles. The first-order chi connectivity index (χ1) is 15.6. The molecule has 0 amide bonds. The highest BCUT2D eigenvalue weighted by Crippen LogP contribution is 2.37. The summed E-state index contributed by atoms with van der Waals surface area (Å²) in [5.41, 5.74) is -1.73. The van der Waals surface area contributed by atoms with Crippen LogP contribution in [0.2, 0.25) is 5.02 Å².